The highest BCUT2D eigenvalue weighted by molar-refractivity contribution is 5.79. The van der Waals surface area contributed by atoms with E-state index in [9.17, 15) is 10.1 Å². The van der Waals surface area contributed by atoms with Crippen LogP contribution in [-0.4, -0.2) is 18.2 Å². The standard InChI is InChI=1S/C8H9N3O2/c1-9-10-6-7-2-4-8(5-3-7)11(12)13/h2-6,9H,1H3/b10-6+. The van der Waals surface area contributed by atoms with Gasteiger partial charge in [-0.15, -0.1) is 0 Å². The molecule has 0 atom stereocenters. The normalized spacial score (nSPS) is 10.2. The van der Waals surface area contributed by atoms with Gasteiger partial charge in [-0.05, 0) is 17.7 Å². The first-order chi connectivity index (χ1) is 6.24. The lowest BCUT2D eigenvalue weighted by Gasteiger charge is -1.92. The van der Waals surface area contributed by atoms with E-state index in [-0.39, 0.29) is 5.69 Å². The number of nitro benzene ring substituents is 1. The molecule has 1 N–H and O–H groups in total. The molecule has 13 heavy (non-hydrogen) atoms. The molecule has 0 radical (unpaired) electrons. The molecule has 1 aromatic carbocycles. The van der Waals surface area contributed by atoms with Crippen molar-refractivity contribution in [1.29, 1.82) is 0 Å². The maximum absolute atomic E-state index is 10.3. The first-order valence-electron chi connectivity index (χ1n) is 3.68. The van der Waals surface area contributed by atoms with Crippen molar-refractivity contribution >= 4 is 11.9 Å². The number of non-ortho nitro benzene ring substituents is 1. The van der Waals surface area contributed by atoms with E-state index in [0.717, 1.165) is 5.56 Å². The fourth-order valence-corrected chi connectivity index (χ4v) is 0.821. The number of benzene rings is 1. The van der Waals surface area contributed by atoms with Gasteiger partial charge in [-0.3, -0.25) is 10.1 Å². The van der Waals surface area contributed by atoms with Crippen LogP contribution in [0, 0.1) is 10.1 Å². The predicted octanol–water partition coefficient (Wildman–Crippen LogP) is 1.15. The van der Waals surface area contributed by atoms with Crippen LogP contribution in [0.3, 0.4) is 0 Å². The summed E-state index contributed by atoms with van der Waals surface area (Å²) in [7, 11) is 1.68. The van der Waals surface area contributed by atoms with Gasteiger partial charge in [0.25, 0.3) is 5.69 Å². The van der Waals surface area contributed by atoms with E-state index in [4.69, 9.17) is 0 Å². The Morgan fingerprint density at radius 1 is 1.46 bits per heavy atom. The fraction of sp³-hybridized carbons (Fsp3) is 0.125. The Hall–Kier alpha value is -1.91. The second-order valence-corrected chi connectivity index (χ2v) is 2.33. The number of nitrogens with zero attached hydrogens (tertiary/aromatic N) is 2. The summed E-state index contributed by atoms with van der Waals surface area (Å²) in [4.78, 5) is 9.85. The van der Waals surface area contributed by atoms with Gasteiger partial charge in [-0.25, -0.2) is 0 Å². The average Bonchev–Trinajstić information content (AvgIpc) is 2.15. The van der Waals surface area contributed by atoms with Gasteiger partial charge in [0.05, 0.1) is 11.1 Å². The van der Waals surface area contributed by atoms with E-state index in [1.807, 2.05) is 0 Å². The summed E-state index contributed by atoms with van der Waals surface area (Å²) in [5.74, 6) is 0. The lowest BCUT2D eigenvalue weighted by molar-refractivity contribution is -0.384. The highest BCUT2D eigenvalue weighted by Crippen LogP contribution is 2.10. The van der Waals surface area contributed by atoms with E-state index < -0.39 is 4.92 Å². The molecular weight excluding hydrogens is 170 g/mol. The summed E-state index contributed by atoms with van der Waals surface area (Å²) >= 11 is 0. The van der Waals surface area contributed by atoms with Crippen LogP contribution in [-0.2, 0) is 0 Å². The van der Waals surface area contributed by atoms with Crippen molar-refractivity contribution in [2.24, 2.45) is 5.10 Å². The van der Waals surface area contributed by atoms with E-state index in [1.165, 1.54) is 12.1 Å². The molecule has 0 amide bonds. The molecule has 0 aliphatic rings. The molecule has 68 valence electrons. The quantitative estimate of drug-likeness (QED) is 0.430. The number of rotatable bonds is 3. The number of hydrazone groups is 1. The Kier molecular flexibility index (Phi) is 2.97. The Morgan fingerprint density at radius 2 is 2.08 bits per heavy atom. The van der Waals surface area contributed by atoms with Gasteiger partial charge in [0.2, 0.25) is 0 Å². The Labute approximate surface area is 75.2 Å². The smallest absolute Gasteiger partial charge is 0.269 e. The molecule has 0 aromatic heterocycles. The Balaban J connectivity index is 2.81. The van der Waals surface area contributed by atoms with Crippen molar-refractivity contribution in [2.75, 3.05) is 7.05 Å². The molecule has 5 heteroatoms. The highest BCUT2D eigenvalue weighted by atomic mass is 16.6. The van der Waals surface area contributed by atoms with Crippen molar-refractivity contribution in [1.82, 2.24) is 5.43 Å². The van der Waals surface area contributed by atoms with Crippen molar-refractivity contribution in [3.63, 3.8) is 0 Å². The number of nitro groups is 1. The van der Waals surface area contributed by atoms with Crippen LogP contribution in [0.2, 0.25) is 0 Å². The van der Waals surface area contributed by atoms with E-state index >= 15 is 0 Å². The van der Waals surface area contributed by atoms with Gasteiger partial charge in [0, 0.05) is 19.2 Å². The second kappa shape index (κ2) is 4.20. The molecule has 0 unspecified atom stereocenters. The van der Waals surface area contributed by atoms with Crippen LogP contribution >= 0.6 is 0 Å². The minimum atomic E-state index is -0.432. The summed E-state index contributed by atoms with van der Waals surface area (Å²) < 4.78 is 0. The highest BCUT2D eigenvalue weighted by Gasteiger charge is 2.01. The maximum atomic E-state index is 10.3. The fourth-order valence-electron chi connectivity index (χ4n) is 0.821. The first-order valence-corrected chi connectivity index (χ1v) is 3.68. The lowest BCUT2D eigenvalue weighted by atomic mass is 10.2. The van der Waals surface area contributed by atoms with E-state index in [1.54, 1.807) is 25.4 Å². The van der Waals surface area contributed by atoms with Gasteiger partial charge >= 0.3 is 0 Å². The van der Waals surface area contributed by atoms with Gasteiger partial charge in [-0.2, -0.15) is 5.10 Å². The molecule has 5 nitrogen and oxygen atoms in total. The van der Waals surface area contributed by atoms with Crippen LogP contribution in [0.25, 0.3) is 0 Å². The molecule has 0 fully saturated rings. The zero-order chi connectivity index (χ0) is 9.68. The SMILES string of the molecule is CN/N=C/c1ccc([N+](=O)[O-])cc1. The summed E-state index contributed by atoms with van der Waals surface area (Å²) in [6.07, 6.45) is 1.59. The summed E-state index contributed by atoms with van der Waals surface area (Å²) in [6, 6.07) is 6.16. The molecule has 0 spiro atoms. The minimum absolute atomic E-state index is 0.0848. The van der Waals surface area contributed by atoms with Crippen LogP contribution in [0.15, 0.2) is 29.4 Å². The van der Waals surface area contributed by atoms with Gasteiger partial charge in [0.1, 0.15) is 0 Å². The summed E-state index contributed by atoms with van der Waals surface area (Å²) in [5, 5.41) is 14.1. The zero-order valence-electron chi connectivity index (χ0n) is 7.10. The topological polar surface area (TPSA) is 67.5 Å². The Bertz CT molecular complexity index is 319. The first kappa shape index (κ1) is 9.18. The third-order valence-corrected chi connectivity index (χ3v) is 1.45. The van der Waals surface area contributed by atoms with E-state index in [2.05, 4.69) is 10.5 Å². The van der Waals surface area contributed by atoms with Crippen LogP contribution < -0.4 is 5.43 Å². The molecule has 0 bridgehead atoms. The minimum Gasteiger partial charge on any atom is -0.313 e. The third kappa shape index (κ3) is 2.55. The lowest BCUT2D eigenvalue weighted by Crippen LogP contribution is -1.94. The predicted molar refractivity (Wildman–Crippen MR) is 49.8 cm³/mol. The zero-order valence-corrected chi connectivity index (χ0v) is 7.10. The second-order valence-electron chi connectivity index (χ2n) is 2.33. The molecular formula is C8H9N3O2. The van der Waals surface area contributed by atoms with Crippen molar-refractivity contribution in [3.05, 3.63) is 39.9 Å². The largest absolute Gasteiger partial charge is 0.313 e. The van der Waals surface area contributed by atoms with Crippen LogP contribution in [0.1, 0.15) is 5.56 Å². The number of hydrogen-bond donors (Lipinski definition) is 1. The van der Waals surface area contributed by atoms with Gasteiger partial charge < -0.3 is 5.43 Å². The third-order valence-electron chi connectivity index (χ3n) is 1.45. The van der Waals surface area contributed by atoms with Crippen molar-refractivity contribution in [3.8, 4) is 0 Å². The summed E-state index contributed by atoms with van der Waals surface area (Å²) in [6.45, 7) is 0. The maximum Gasteiger partial charge on any atom is 0.269 e. The van der Waals surface area contributed by atoms with Crippen LogP contribution in [0.4, 0.5) is 5.69 Å². The van der Waals surface area contributed by atoms with Gasteiger partial charge in [0.15, 0.2) is 0 Å². The molecule has 1 rings (SSSR count). The average molecular weight is 179 g/mol. The summed E-state index contributed by atoms with van der Waals surface area (Å²) in [5.41, 5.74) is 3.49. The van der Waals surface area contributed by atoms with Gasteiger partial charge in [-0.1, -0.05) is 0 Å². The molecule has 1 aromatic rings. The van der Waals surface area contributed by atoms with Crippen LogP contribution in [0.5, 0.6) is 0 Å². The number of nitrogens with one attached hydrogen (secondary N) is 1. The number of hydrogen-bond acceptors (Lipinski definition) is 4. The van der Waals surface area contributed by atoms with E-state index in [0.29, 0.717) is 0 Å². The van der Waals surface area contributed by atoms with Crippen molar-refractivity contribution < 1.29 is 4.92 Å². The Morgan fingerprint density at radius 3 is 2.54 bits per heavy atom. The molecule has 0 heterocycles. The molecule has 0 saturated heterocycles. The monoisotopic (exact) mass is 179 g/mol. The molecule has 0 aliphatic carbocycles. The van der Waals surface area contributed by atoms with Crippen molar-refractivity contribution in [2.45, 2.75) is 0 Å². The molecule has 0 saturated carbocycles. The molecule has 0 aliphatic heterocycles.